The molecule has 1 fully saturated rings. The van der Waals surface area contributed by atoms with Crippen LogP contribution in [0.2, 0.25) is 0 Å². The van der Waals surface area contributed by atoms with Crippen molar-refractivity contribution in [3.63, 3.8) is 0 Å². The SMILES string of the molecule is CCCOc1ccc(C(=O)N2CCCC(NC)C2)cc1OCC.Cl. The molecule has 1 atom stereocenters. The number of hydrogen-bond donors (Lipinski definition) is 1. The van der Waals surface area contributed by atoms with Gasteiger partial charge in [-0.25, -0.2) is 0 Å². The van der Waals surface area contributed by atoms with E-state index in [1.54, 1.807) is 6.07 Å². The maximum Gasteiger partial charge on any atom is 0.254 e. The maximum atomic E-state index is 12.7. The predicted octanol–water partition coefficient (Wildman–Crippen LogP) is 3.12. The lowest BCUT2D eigenvalue weighted by atomic mass is 10.0. The molecule has 1 N–H and O–H groups in total. The molecule has 1 heterocycles. The Bertz CT molecular complexity index is 525. The Hall–Kier alpha value is -1.46. The number of halogens is 1. The number of hydrogen-bond acceptors (Lipinski definition) is 4. The van der Waals surface area contributed by atoms with Gasteiger partial charge in [0.1, 0.15) is 0 Å². The molecule has 0 aromatic heterocycles. The highest BCUT2D eigenvalue weighted by molar-refractivity contribution is 5.95. The summed E-state index contributed by atoms with van der Waals surface area (Å²) in [5.74, 6) is 1.42. The van der Waals surface area contributed by atoms with Crippen molar-refractivity contribution in [1.29, 1.82) is 0 Å². The molecule has 0 bridgehead atoms. The minimum absolute atomic E-state index is 0. The van der Waals surface area contributed by atoms with Gasteiger partial charge in [0.25, 0.3) is 5.91 Å². The molecule has 5 nitrogen and oxygen atoms in total. The van der Waals surface area contributed by atoms with Crippen LogP contribution in [0.1, 0.15) is 43.5 Å². The molecule has 1 aliphatic heterocycles. The molecule has 136 valence electrons. The quantitative estimate of drug-likeness (QED) is 0.815. The first-order valence-corrected chi connectivity index (χ1v) is 8.55. The standard InChI is InChI=1S/C18H28N2O3.ClH/c1-4-11-23-16-9-8-14(12-17(16)22-5-2)18(21)20-10-6-7-15(13-20)19-3;/h8-9,12,15,19H,4-7,10-11,13H2,1-3H3;1H. The number of rotatable bonds is 7. The van der Waals surface area contributed by atoms with Crippen LogP contribution in [0.5, 0.6) is 11.5 Å². The molecule has 0 aliphatic carbocycles. The van der Waals surface area contributed by atoms with Crippen LogP contribution in [-0.4, -0.2) is 50.2 Å². The Balaban J connectivity index is 0.00000288. The van der Waals surface area contributed by atoms with Crippen molar-refractivity contribution in [1.82, 2.24) is 10.2 Å². The summed E-state index contributed by atoms with van der Waals surface area (Å²) >= 11 is 0. The van der Waals surface area contributed by atoms with Crippen molar-refractivity contribution in [2.75, 3.05) is 33.4 Å². The number of likely N-dealkylation sites (N-methyl/N-ethyl adjacent to an activating group) is 1. The van der Waals surface area contributed by atoms with Gasteiger partial charge in [-0.1, -0.05) is 6.92 Å². The van der Waals surface area contributed by atoms with E-state index < -0.39 is 0 Å². The van der Waals surface area contributed by atoms with Crippen LogP contribution >= 0.6 is 12.4 Å². The minimum Gasteiger partial charge on any atom is -0.490 e. The van der Waals surface area contributed by atoms with Crippen LogP contribution in [0.25, 0.3) is 0 Å². The van der Waals surface area contributed by atoms with Crippen LogP contribution in [-0.2, 0) is 0 Å². The molecule has 6 heteroatoms. The highest BCUT2D eigenvalue weighted by Crippen LogP contribution is 2.29. The number of nitrogens with one attached hydrogen (secondary N) is 1. The second-order valence-electron chi connectivity index (χ2n) is 5.82. The van der Waals surface area contributed by atoms with Crippen molar-refractivity contribution in [2.45, 2.75) is 39.2 Å². The molecule has 2 rings (SSSR count). The third-order valence-electron chi connectivity index (χ3n) is 4.07. The second kappa shape index (κ2) is 10.4. The van der Waals surface area contributed by atoms with E-state index in [0.717, 1.165) is 32.4 Å². The lowest BCUT2D eigenvalue weighted by Gasteiger charge is -2.32. The van der Waals surface area contributed by atoms with E-state index in [2.05, 4.69) is 12.2 Å². The van der Waals surface area contributed by atoms with Gasteiger partial charge in [0.05, 0.1) is 13.2 Å². The van der Waals surface area contributed by atoms with Gasteiger partial charge in [-0.3, -0.25) is 4.79 Å². The monoisotopic (exact) mass is 356 g/mol. The van der Waals surface area contributed by atoms with Gasteiger partial charge < -0.3 is 19.7 Å². The Labute approximate surface area is 151 Å². The number of amides is 1. The zero-order valence-corrected chi connectivity index (χ0v) is 15.7. The molecule has 1 unspecified atom stereocenters. The number of ether oxygens (including phenoxy) is 2. The summed E-state index contributed by atoms with van der Waals surface area (Å²) in [6.07, 6.45) is 3.09. The van der Waals surface area contributed by atoms with E-state index in [1.807, 2.05) is 31.0 Å². The zero-order valence-electron chi connectivity index (χ0n) is 14.8. The van der Waals surface area contributed by atoms with Crippen molar-refractivity contribution in [3.8, 4) is 11.5 Å². The molecule has 1 saturated heterocycles. The van der Waals surface area contributed by atoms with Crippen molar-refractivity contribution in [2.24, 2.45) is 0 Å². The van der Waals surface area contributed by atoms with E-state index in [9.17, 15) is 4.79 Å². The van der Waals surface area contributed by atoms with Gasteiger partial charge in [0.15, 0.2) is 11.5 Å². The summed E-state index contributed by atoms with van der Waals surface area (Å²) in [6, 6.07) is 5.86. The van der Waals surface area contributed by atoms with E-state index in [-0.39, 0.29) is 18.3 Å². The zero-order chi connectivity index (χ0) is 16.7. The summed E-state index contributed by atoms with van der Waals surface area (Å²) in [4.78, 5) is 14.7. The summed E-state index contributed by atoms with van der Waals surface area (Å²) in [5, 5.41) is 3.27. The molecule has 0 radical (unpaired) electrons. The molecule has 1 aromatic rings. The number of nitrogens with zero attached hydrogens (tertiary/aromatic N) is 1. The molecule has 1 aliphatic rings. The fraction of sp³-hybridized carbons (Fsp3) is 0.611. The Kier molecular flexibility index (Phi) is 8.93. The van der Waals surface area contributed by atoms with E-state index in [0.29, 0.717) is 36.3 Å². The van der Waals surface area contributed by atoms with Crippen LogP contribution in [0.3, 0.4) is 0 Å². The Morgan fingerprint density at radius 1 is 1.29 bits per heavy atom. The van der Waals surface area contributed by atoms with Gasteiger partial charge in [0, 0.05) is 24.7 Å². The summed E-state index contributed by atoms with van der Waals surface area (Å²) in [6.45, 7) is 6.75. The van der Waals surface area contributed by atoms with Crippen molar-refractivity contribution in [3.05, 3.63) is 23.8 Å². The Morgan fingerprint density at radius 3 is 2.75 bits per heavy atom. The largest absolute Gasteiger partial charge is 0.490 e. The fourth-order valence-electron chi connectivity index (χ4n) is 2.82. The smallest absolute Gasteiger partial charge is 0.254 e. The summed E-state index contributed by atoms with van der Waals surface area (Å²) < 4.78 is 11.3. The lowest BCUT2D eigenvalue weighted by molar-refractivity contribution is 0.0697. The average Bonchev–Trinajstić information content (AvgIpc) is 2.60. The van der Waals surface area contributed by atoms with Gasteiger partial charge in [-0.15, -0.1) is 12.4 Å². The number of likely N-dealkylation sites (tertiary alicyclic amines) is 1. The molecule has 0 spiro atoms. The van der Waals surface area contributed by atoms with Crippen LogP contribution in [0.15, 0.2) is 18.2 Å². The van der Waals surface area contributed by atoms with Gasteiger partial charge in [-0.2, -0.15) is 0 Å². The highest BCUT2D eigenvalue weighted by Gasteiger charge is 2.24. The first-order valence-electron chi connectivity index (χ1n) is 8.55. The molecule has 0 saturated carbocycles. The molecule has 24 heavy (non-hydrogen) atoms. The number of benzene rings is 1. The van der Waals surface area contributed by atoms with Crippen LogP contribution in [0.4, 0.5) is 0 Å². The summed E-state index contributed by atoms with van der Waals surface area (Å²) in [5.41, 5.74) is 0.661. The molecule has 1 amide bonds. The molecule has 1 aromatic carbocycles. The lowest BCUT2D eigenvalue weighted by Crippen LogP contribution is -2.46. The first-order chi connectivity index (χ1) is 11.2. The topological polar surface area (TPSA) is 50.8 Å². The van der Waals surface area contributed by atoms with Gasteiger partial charge >= 0.3 is 0 Å². The third kappa shape index (κ3) is 5.28. The first kappa shape index (κ1) is 20.6. The van der Waals surface area contributed by atoms with Crippen LogP contribution < -0.4 is 14.8 Å². The second-order valence-corrected chi connectivity index (χ2v) is 5.82. The minimum atomic E-state index is 0. The third-order valence-corrected chi connectivity index (χ3v) is 4.07. The molecular formula is C18H29ClN2O3. The Morgan fingerprint density at radius 2 is 2.08 bits per heavy atom. The maximum absolute atomic E-state index is 12.7. The van der Waals surface area contributed by atoms with Crippen molar-refractivity contribution >= 4 is 18.3 Å². The van der Waals surface area contributed by atoms with Crippen molar-refractivity contribution < 1.29 is 14.3 Å². The van der Waals surface area contributed by atoms with E-state index >= 15 is 0 Å². The summed E-state index contributed by atoms with van der Waals surface area (Å²) in [7, 11) is 1.95. The normalized spacial score (nSPS) is 17.1. The fourth-order valence-corrected chi connectivity index (χ4v) is 2.82. The van der Waals surface area contributed by atoms with Crippen LogP contribution in [0, 0.1) is 0 Å². The van der Waals surface area contributed by atoms with Gasteiger partial charge in [-0.05, 0) is 51.4 Å². The van der Waals surface area contributed by atoms with E-state index in [4.69, 9.17) is 9.47 Å². The number of piperidine rings is 1. The van der Waals surface area contributed by atoms with Gasteiger partial charge in [0.2, 0.25) is 0 Å². The highest BCUT2D eigenvalue weighted by atomic mass is 35.5. The number of carbonyl (C=O) groups excluding carboxylic acids is 1. The molecular weight excluding hydrogens is 328 g/mol. The number of carbonyl (C=O) groups is 1. The van der Waals surface area contributed by atoms with E-state index in [1.165, 1.54) is 0 Å². The predicted molar refractivity (Wildman–Crippen MR) is 98.6 cm³/mol. The average molecular weight is 357 g/mol.